The number of carbonyl (C=O) groups is 2. The van der Waals surface area contributed by atoms with E-state index in [1.54, 1.807) is 19.4 Å². The molecular weight excluding hydrogens is 210 g/mol. The van der Waals surface area contributed by atoms with Gasteiger partial charge in [0.25, 0.3) is 0 Å². The third-order valence-corrected chi connectivity index (χ3v) is 1.90. The minimum Gasteiger partial charge on any atom is -0.459 e. The second kappa shape index (κ2) is 6.60. The molecule has 16 heavy (non-hydrogen) atoms. The van der Waals surface area contributed by atoms with Crippen molar-refractivity contribution in [3.05, 3.63) is 18.7 Å². The molecule has 0 aliphatic carbocycles. The molecule has 0 atom stereocenters. The summed E-state index contributed by atoms with van der Waals surface area (Å²) in [6.07, 6.45) is 5.97. The molecule has 1 aromatic heterocycles. The van der Waals surface area contributed by atoms with E-state index in [1.807, 2.05) is 10.8 Å². The molecule has 0 saturated heterocycles. The predicted molar refractivity (Wildman–Crippen MR) is 56.5 cm³/mol. The zero-order valence-corrected chi connectivity index (χ0v) is 9.18. The molecular formula is C10H15N3O3. The highest BCUT2D eigenvalue weighted by Crippen LogP contribution is 1.89. The fraction of sp³-hybridized carbons (Fsp3) is 0.500. The van der Waals surface area contributed by atoms with E-state index in [4.69, 9.17) is 0 Å². The lowest BCUT2D eigenvalue weighted by Crippen LogP contribution is -2.33. The second-order valence-electron chi connectivity index (χ2n) is 3.13. The number of nitrogens with zero attached hydrogens (tertiary/aromatic N) is 2. The van der Waals surface area contributed by atoms with Crippen molar-refractivity contribution in [1.82, 2.24) is 14.9 Å². The first-order chi connectivity index (χ1) is 7.74. The van der Waals surface area contributed by atoms with Gasteiger partial charge >= 0.3 is 11.9 Å². The summed E-state index contributed by atoms with van der Waals surface area (Å²) in [6, 6.07) is 0. The van der Waals surface area contributed by atoms with E-state index in [0.29, 0.717) is 6.54 Å². The molecule has 0 aliphatic heterocycles. The number of nitrogens with one attached hydrogen (secondary N) is 1. The maximum absolute atomic E-state index is 11.1. The molecule has 88 valence electrons. The van der Waals surface area contributed by atoms with Crippen LogP contribution in [0.3, 0.4) is 0 Å². The van der Waals surface area contributed by atoms with E-state index < -0.39 is 11.9 Å². The number of ether oxygens (including phenoxy) is 1. The van der Waals surface area contributed by atoms with E-state index >= 15 is 0 Å². The summed E-state index contributed by atoms with van der Waals surface area (Å²) in [4.78, 5) is 25.9. The Bertz CT molecular complexity index is 335. The molecule has 6 nitrogen and oxygen atoms in total. The number of esters is 1. The number of hydrogen-bond acceptors (Lipinski definition) is 4. The van der Waals surface area contributed by atoms with Gasteiger partial charge in [-0.15, -0.1) is 0 Å². The summed E-state index contributed by atoms with van der Waals surface area (Å²) in [5.41, 5.74) is 0. The molecule has 1 N–H and O–H groups in total. The molecule has 1 amide bonds. The molecule has 0 unspecified atom stereocenters. The van der Waals surface area contributed by atoms with Crippen molar-refractivity contribution in [2.75, 3.05) is 13.2 Å². The molecule has 0 fully saturated rings. The maximum Gasteiger partial charge on any atom is 0.396 e. The van der Waals surface area contributed by atoms with Crippen LogP contribution in [0.25, 0.3) is 0 Å². The quantitative estimate of drug-likeness (QED) is 0.433. The third-order valence-electron chi connectivity index (χ3n) is 1.90. The molecule has 1 heterocycles. The molecule has 0 spiro atoms. The number of amides is 1. The molecule has 0 bridgehead atoms. The van der Waals surface area contributed by atoms with Gasteiger partial charge in [0, 0.05) is 25.5 Å². The molecule has 0 radical (unpaired) electrons. The van der Waals surface area contributed by atoms with Gasteiger partial charge in [0.2, 0.25) is 0 Å². The summed E-state index contributed by atoms with van der Waals surface area (Å²) in [5, 5.41) is 2.48. The van der Waals surface area contributed by atoms with Gasteiger partial charge < -0.3 is 14.6 Å². The topological polar surface area (TPSA) is 73.2 Å². The summed E-state index contributed by atoms with van der Waals surface area (Å²) in [7, 11) is 0. The summed E-state index contributed by atoms with van der Waals surface area (Å²) >= 11 is 0. The Morgan fingerprint density at radius 3 is 2.94 bits per heavy atom. The Balaban J connectivity index is 2.11. The van der Waals surface area contributed by atoms with E-state index in [1.165, 1.54) is 0 Å². The first-order valence-corrected chi connectivity index (χ1v) is 5.14. The maximum atomic E-state index is 11.1. The minimum atomic E-state index is -0.829. The molecule has 1 rings (SSSR count). The van der Waals surface area contributed by atoms with Crippen molar-refractivity contribution >= 4 is 11.9 Å². The monoisotopic (exact) mass is 225 g/mol. The van der Waals surface area contributed by atoms with Crippen molar-refractivity contribution in [1.29, 1.82) is 0 Å². The van der Waals surface area contributed by atoms with Crippen molar-refractivity contribution < 1.29 is 14.3 Å². The number of carbonyl (C=O) groups excluding carboxylic acids is 2. The molecule has 0 aliphatic rings. The Kier molecular flexibility index (Phi) is 5.04. The average Bonchev–Trinajstić information content (AvgIpc) is 2.77. The Labute approximate surface area is 93.6 Å². The Morgan fingerprint density at radius 1 is 1.50 bits per heavy atom. The SMILES string of the molecule is CCOC(=O)C(=O)NCCCn1ccnc1. The van der Waals surface area contributed by atoms with Crippen molar-refractivity contribution in [2.45, 2.75) is 19.9 Å². The standard InChI is InChI=1S/C10H15N3O3/c1-2-16-10(15)9(14)12-4-3-6-13-7-5-11-8-13/h5,7-8H,2-4,6H2,1H3,(H,12,14). The predicted octanol–water partition coefficient (Wildman–Crippen LogP) is -0.0475. The van der Waals surface area contributed by atoms with Crippen molar-refractivity contribution in [3.63, 3.8) is 0 Å². The van der Waals surface area contributed by atoms with Crippen LogP contribution in [0, 0.1) is 0 Å². The van der Waals surface area contributed by atoms with Gasteiger partial charge in [0.05, 0.1) is 12.9 Å². The van der Waals surface area contributed by atoms with Crippen LogP contribution >= 0.6 is 0 Å². The van der Waals surface area contributed by atoms with Gasteiger partial charge in [-0.2, -0.15) is 0 Å². The lowest BCUT2D eigenvalue weighted by molar-refractivity contribution is -0.154. The van der Waals surface area contributed by atoms with Gasteiger partial charge in [0.15, 0.2) is 0 Å². The van der Waals surface area contributed by atoms with Gasteiger partial charge in [-0.3, -0.25) is 4.79 Å². The van der Waals surface area contributed by atoms with Gasteiger partial charge in [-0.1, -0.05) is 0 Å². The van der Waals surface area contributed by atoms with Crippen LogP contribution in [0.1, 0.15) is 13.3 Å². The first kappa shape index (κ1) is 12.2. The zero-order valence-electron chi connectivity index (χ0n) is 9.18. The fourth-order valence-corrected chi connectivity index (χ4v) is 1.15. The zero-order chi connectivity index (χ0) is 11.8. The highest BCUT2D eigenvalue weighted by Gasteiger charge is 2.12. The van der Waals surface area contributed by atoms with Crippen LogP contribution < -0.4 is 5.32 Å². The molecule has 0 saturated carbocycles. The van der Waals surface area contributed by atoms with Crippen LogP contribution in [0.4, 0.5) is 0 Å². The number of hydrogen-bond donors (Lipinski definition) is 1. The van der Waals surface area contributed by atoms with E-state index in [-0.39, 0.29) is 6.61 Å². The third kappa shape index (κ3) is 4.12. The average molecular weight is 225 g/mol. The minimum absolute atomic E-state index is 0.210. The van der Waals surface area contributed by atoms with E-state index in [2.05, 4.69) is 15.0 Å². The number of aromatic nitrogens is 2. The van der Waals surface area contributed by atoms with E-state index in [0.717, 1.165) is 13.0 Å². The molecule has 1 aromatic rings. The van der Waals surface area contributed by atoms with Gasteiger partial charge in [-0.05, 0) is 13.3 Å². The van der Waals surface area contributed by atoms with Crippen LogP contribution in [0.15, 0.2) is 18.7 Å². The lowest BCUT2D eigenvalue weighted by atomic mass is 10.4. The molecule has 6 heteroatoms. The number of imidazole rings is 1. The van der Waals surface area contributed by atoms with E-state index in [9.17, 15) is 9.59 Å². The van der Waals surface area contributed by atoms with Crippen LogP contribution in [-0.4, -0.2) is 34.6 Å². The Hall–Kier alpha value is -1.85. The van der Waals surface area contributed by atoms with Gasteiger partial charge in [-0.25, -0.2) is 9.78 Å². The highest BCUT2D eigenvalue weighted by molar-refractivity contribution is 6.32. The number of aryl methyl sites for hydroxylation is 1. The normalized spacial score (nSPS) is 9.81. The highest BCUT2D eigenvalue weighted by atomic mass is 16.5. The van der Waals surface area contributed by atoms with Crippen molar-refractivity contribution in [3.8, 4) is 0 Å². The second-order valence-corrected chi connectivity index (χ2v) is 3.13. The van der Waals surface area contributed by atoms with Crippen LogP contribution in [0.5, 0.6) is 0 Å². The lowest BCUT2D eigenvalue weighted by Gasteiger charge is -2.04. The molecule has 0 aromatic carbocycles. The van der Waals surface area contributed by atoms with Crippen molar-refractivity contribution in [2.24, 2.45) is 0 Å². The summed E-state index contributed by atoms with van der Waals surface area (Å²) in [6.45, 7) is 3.06. The van der Waals surface area contributed by atoms with Crippen LogP contribution in [-0.2, 0) is 20.9 Å². The fourth-order valence-electron chi connectivity index (χ4n) is 1.15. The smallest absolute Gasteiger partial charge is 0.396 e. The number of rotatable bonds is 5. The first-order valence-electron chi connectivity index (χ1n) is 5.14. The van der Waals surface area contributed by atoms with Gasteiger partial charge in [0.1, 0.15) is 0 Å². The van der Waals surface area contributed by atoms with Crippen LogP contribution in [0.2, 0.25) is 0 Å². The Morgan fingerprint density at radius 2 is 2.31 bits per heavy atom. The largest absolute Gasteiger partial charge is 0.459 e. The summed E-state index contributed by atoms with van der Waals surface area (Å²) in [5.74, 6) is -1.52. The summed E-state index contributed by atoms with van der Waals surface area (Å²) < 4.78 is 6.44.